The molecule has 0 saturated heterocycles. The number of fused-ring (bicyclic) bond motifs is 4. The zero-order valence-corrected chi connectivity index (χ0v) is 20.0. The van der Waals surface area contributed by atoms with Crippen molar-refractivity contribution in [3.8, 4) is 0 Å². The topological polar surface area (TPSA) is 152 Å². The number of carbonyl (C=O) groups excluding carboxylic acids is 1. The molecule has 188 valence electrons. The molecule has 3 aromatic rings. The van der Waals surface area contributed by atoms with Crippen LogP contribution in [-0.4, -0.2) is 57.5 Å². The van der Waals surface area contributed by atoms with Gasteiger partial charge >= 0.3 is 5.97 Å². The summed E-state index contributed by atoms with van der Waals surface area (Å²) in [6.45, 7) is 2.05. The second kappa shape index (κ2) is 10.5. The minimum Gasteiger partial charge on any atom is -0.480 e. The van der Waals surface area contributed by atoms with Gasteiger partial charge in [-0.2, -0.15) is 10.2 Å². The Hall–Kier alpha value is -4.67. The van der Waals surface area contributed by atoms with Crippen LogP contribution in [-0.2, 0) is 16.1 Å². The minimum atomic E-state index is -1.12. The number of benzene rings is 1. The summed E-state index contributed by atoms with van der Waals surface area (Å²) in [7, 11) is 0. The van der Waals surface area contributed by atoms with Crippen LogP contribution in [0.3, 0.4) is 0 Å². The number of nitrogens with one attached hydrogen (secondary N) is 1. The highest BCUT2D eigenvalue weighted by atomic mass is 16.5. The summed E-state index contributed by atoms with van der Waals surface area (Å²) in [5.74, 6) is -0.332. The first-order valence-corrected chi connectivity index (χ1v) is 11.8. The van der Waals surface area contributed by atoms with Crippen molar-refractivity contribution in [2.45, 2.75) is 26.4 Å². The summed E-state index contributed by atoms with van der Waals surface area (Å²) in [6.07, 6.45) is 2.83. The van der Waals surface area contributed by atoms with Gasteiger partial charge in [-0.25, -0.2) is 0 Å². The van der Waals surface area contributed by atoms with Crippen LogP contribution in [0.4, 0.5) is 0 Å². The summed E-state index contributed by atoms with van der Waals surface area (Å²) in [6, 6.07) is 12.9. The first-order chi connectivity index (χ1) is 18.0. The number of carbonyl (C=O) groups is 2. The van der Waals surface area contributed by atoms with Gasteiger partial charge in [0.15, 0.2) is 0 Å². The van der Waals surface area contributed by atoms with Crippen LogP contribution in [0.5, 0.6) is 0 Å². The van der Waals surface area contributed by atoms with E-state index in [9.17, 15) is 9.59 Å². The number of aliphatic carboxylic acids is 1. The quantitative estimate of drug-likeness (QED) is 0.528. The molecule has 2 aliphatic heterocycles. The minimum absolute atomic E-state index is 0.0923. The van der Waals surface area contributed by atoms with Gasteiger partial charge in [0, 0.05) is 42.3 Å². The molecular weight excluding hydrogens is 476 g/mol. The van der Waals surface area contributed by atoms with Crippen molar-refractivity contribution in [3.05, 3.63) is 82.5 Å². The van der Waals surface area contributed by atoms with E-state index in [1.807, 2.05) is 37.3 Å². The SMILES string of the molecule is Cc1cc(C2=NN=C3CC2CC/N=C(/OCc2ccc(C(=O)NCC(=O)O)cn2)c2ccccc23)no1. The Kier molecular flexibility index (Phi) is 6.84. The maximum absolute atomic E-state index is 12.0. The molecule has 0 aliphatic carbocycles. The molecule has 0 saturated carbocycles. The fourth-order valence-electron chi connectivity index (χ4n) is 4.21. The highest BCUT2D eigenvalue weighted by molar-refractivity contribution is 6.14. The van der Waals surface area contributed by atoms with Crippen molar-refractivity contribution in [1.82, 2.24) is 15.5 Å². The summed E-state index contributed by atoms with van der Waals surface area (Å²) >= 11 is 0. The highest BCUT2D eigenvalue weighted by Gasteiger charge is 2.29. The molecule has 5 rings (SSSR count). The average Bonchev–Trinajstić information content (AvgIpc) is 3.36. The Morgan fingerprint density at radius 2 is 2.00 bits per heavy atom. The molecule has 37 heavy (non-hydrogen) atoms. The van der Waals surface area contributed by atoms with Crippen molar-refractivity contribution in [2.24, 2.45) is 21.1 Å². The monoisotopic (exact) mass is 500 g/mol. The van der Waals surface area contributed by atoms with Crippen molar-refractivity contribution in [3.63, 3.8) is 0 Å². The maximum atomic E-state index is 12.0. The van der Waals surface area contributed by atoms with Crippen LogP contribution in [0.2, 0.25) is 0 Å². The lowest BCUT2D eigenvalue weighted by Gasteiger charge is -2.21. The van der Waals surface area contributed by atoms with Gasteiger partial charge in [0.1, 0.15) is 24.6 Å². The highest BCUT2D eigenvalue weighted by Crippen LogP contribution is 2.28. The van der Waals surface area contributed by atoms with Crippen molar-refractivity contribution < 1.29 is 24.0 Å². The zero-order chi connectivity index (χ0) is 25.8. The molecule has 0 fully saturated rings. The molecule has 4 heterocycles. The molecule has 1 aromatic carbocycles. The molecule has 0 radical (unpaired) electrons. The van der Waals surface area contributed by atoms with E-state index in [1.54, 1.807) is 12.1 Å². The van der Waals surface area contributed by atoms with Gasteiger partial charge < -0.3 is 19.7 Å². The molecule has 2 aliphatic rings. The summed E-state index contributed by atoms with van der Waals surface area (Å²) in [5, 5.41) is 24.2. The van der Waals surface area contributed by atoms with Gasteiger partial charge in [-0.3, -0.25) is 19.6 Å². The molecular formula is C26H24N6O5. The Balaban J connectivity index is 1.34. The van der Waals surface area contributed by atoms with E-state index in [0.717, 1.165) is 34.7 Å². The predicted octanol–water partition coefficient (Wildman–Crippen LogP) is 2.77. The van der Waals surface area contributed by atoms with E-state index < -0.39 is 18.4 Å². The molecule has 2 N–H and O–H groups in total. The Morgan fingerprint density at radius 1 is 1.16 bits per heavy atom. The van der Waals surface area contributed by atoms with Gasteiger partial charge in [-0.15, -0.1) is 0 Å². The number of pyridine rings is 1. The van der Waals surface area contributed by atoms with E-state index in [-0.39, 0.29) is 18.1 Å². The smallest absolute Gasteiger partial charge is 0.322 e. The first-order valence-electron chi connectivity index (χ1n) is 11.8. The average molecular weight is 501 g/mol. The second-order valence-corrected chi connectivity index (χ2v) is 8.68. The zero-order valence-electron chi connectivity index (χ0n) is 20.0. The first kappa shape index (κ1) is 24.0. The Bertz CT molecular complexity index is 1420. The van der Waals surface area contributed by atoms with Crippen molar-refractivity contribution >= 4 is 29.2 Å². The number of hydrogen-bond donors (Lipinski definition) is 2. The van der Waals surface area contributed by atoms with E-state index in [1.165, 1.54) is 6.20 Å². The number of nitrogens with zero attached hydrogens (tertiary/aromatic N) is 5. The van der Waals surface area contributed by atoms with Crippen LogP contribution in [0.1, 0.15) is 51.5 Å². The summed E-state index contributed by atoms with van der Waals surface area (Å²) in [4.78, 5) is 31.7. The van der Waals surface area contributed by atoms with Gasteiger partial charge in [0.05, 0.1) is 22.7 Å². The number of carboxylic acids is 1. The van der Waals surface area contributed by atoms with Crippen LogP contribution >= 0.6 is 0 Å². The third kappa shape index (κ3) is 5.45. The van der Waals surface area contributed by atoms with Gasteiger partial charge in [-0.1, -0.05) is 23.4 Å². The molecule has 1 unspecified atom stereocenters. The molecule has 0 spiro atoms. The Labute approximate surface area is 212 Å². The van der Waals surface area contributed by atoms with Crippen molar-refractivity contribution in [2.75, 3.05) is 13.1 Å². The van der Waals surface area contributed by atoms with E-state index in [2.05, 4.69) is 25.7 Å². The molecule has 1 amide bonds. The number of ether oxygens (including phenoxy) is 1. The number of aromatic nitrogens is 2. The molecule has 11 heteroatoms. The Morgan fingerprint density at radius 3 is 2.73 bits per heavy atom. The van der Waals surface area contributed by atoms with Gasteiger partial charge in [0.25, 0.3) is 5.91 Å². The third-order valence-electron chi connectivity index (χ3n) is 6.04. The fourth-order valence-corrected chi connectivity index (χ4v) is 4.21. The largest absolute Gasteiger partial charge is 0.480 e. The molecule has 1 atom stereocenters. The van der Waals surface area contributed by atoms with Crippen LogP contribution < -0.4 is 5.32 Å². The van der Waals surface area contributed by atoms with Crippen LogP contribution in [0, 0.1) is 12.8 Å². The molecule has 2 bridgehead atoms. The number of rotatable bonds is 6. The second-order valence-electron chi connectivity index (χ2n) is 8.68. The fraction of sp³-hybridized carbons (Fsp3) is 0.269. The number of hydrogen-bond acceptors (Lipinski definition) is 9. The lowest BCUT2D eigenvalue weighted by atomic mass is 9.87. The summed E-state index contributed by atoms with van der Waals surface area (Å²) in [5.41, 5.74) is 4.95. The standard InChI is InChI=1S/C26H24N6O5/c1-15-10-22(32-37-15)24-16-8-9-27-26(20-5-3-2-4-19(20)21(11-16)30-31-24)36-14-18-7-6-17(12-28-18)25(35)29-13-23(33)34/h2-7,10,12,16H,8-9,11,13-14H2,1H3,(H,29,35)(H,33,34)/b27-26+. The van der Waals surface area contributed by atoms with Crippen LogP contribution in [0.25, 0.3) is 0 Å². The number of carboxylic acid groups (broad SMARTS) is 1. The molecule has 2 aromatic heterocycles. The summed E-state index contributed by atoms with van der Waals surface area (Å²) < 4.78 is 11.4. The lowest BCUT2D eigenvalue weighted by Crippen LogP contribution is -2.29. The van der Waals surface area contributed by atoms with E-state index >= 15 is 0 Å². The van der Waals surface area contributed by atoms with Gasteiger partial charge in [-0.05, 0) is 31.5 Å². The number of aryl methyl sites for hydroxylation is 1. The lowest BCUT2D eigenvalue weighted by molar-refractivity contribution is -0.135. The van der Waals surface area contributed by atoms with Crippen molar-refractivity contribution in [1.29, 1.82) is 0 Å². The van der Waals surface area contributed by atoms with E-state index in [0.29, 0.717) is 30.3 Å². The van der Waals surface area contributed by atoms with Crippen LogP contribution in [0.15, 0.2) is 68.4 Å². The van der Waals surface area contributed by atoms with Gasteiger partial charge in [0.2, 0.25) is 5.90 Å². The normalized spacial score (nSPS) is 18.1. The number of amides is 1. The predicted molar refractivity (Wildman–Crippen MR) is 134 cm³/mol. The third-order valence-corrected chi connectivity index (χ3v) is 6.04. The molecule has 11 nitrogen and oxygen atoms in total. The maximum Gasteiger partial charge on any atom is 0.322 e. The number of aliphatic imine (C=N–C) groups is 1. The van der Waals surface area contributed by atoms with E-state index in [4.69, 9.17) is 19.4 Å².